The first-order chi connectivity index (χ1) is 15.7. The minimum absolute atomic E-state index is 0.168. The minimum atomic E-state index is -0.168. The van der Waals surface area contributed by atoms with Gasteiger partial charge in [-0.15, -0.1) is 5.10 Å². The van der Waals surface area contributed by atoms with Crippen molar-refractivity contribution in [2.75, 3.05) is 18.0 Å². The quantitative estimate of drug-likeness (QED) is 0.636. The van der Waals surface area contributed by atoms with Crippen LogP contribution in [-0.2, 0) is 6.54 Å². The number of hydrogen-bond acceptors (Lipinski definition) is 5. The number of amides is 1. The number of carbonyl (C=O) groups is 1. The van der Waals surface area contributed by atoms with Crippen molar-refractivity contribution in [2.45, 2.75) is 57.9 Å². The predicted molar refractivity (Wildman–Crippen MR) is 124 cm³/mol. The Morgan fingerprint density at radius 1 is 1.06 bits per heavy atom. The molecule has 166 valence electrons. The topological polar surface area (TPSA) is 75.9 Å². The Morgan fingerprint density at radius 2 is 1.81 bits per heavy atom. The summed E-state index contributed by atoms with van der Waals surface area (Å²) < 4.78 is 1.83. The van der Waals surface area contributed by atoms with E-state index < -0.39 is 0 Å². The molecule has 0 unspecified atom stereocenters. The van der Waals surface area contributed by atoms with Crippen molar-refractivity contribution in [3.63, 3.8) is 0 Å². The Hall–Kier alpha value is -3.22. The normalized spacial score (nSPS) is 16.6. The molecule has 3 heterocycles. The summed E-state index contributed by atoms with van der Waals surface area (Å²) in [6.07, 6.45) is 8.99. The summed E-state index contributed by atoms with van der Waals surface area (Å²) in [7, 11) is 0. The monoisotopic (exact) mass is 430 g/mol. The van der Waals surface area contributed by atoms with Crippen molar-refractivity contribution < 1.29 is 4.79 Å². The smallest absolute Gasteiger partial charge is 0.274 e. The van der Waals surface area contributed by atoms with Gasteiger partial charge < -0.3 is 10.2 Å². The van der Waals surface area contributed by atoms with Crippen LogP contribution in [0.4, 0.5) is 5.82 Å². The molecule has 5 rings (SSSR count). The number of pyridine rings is 1. The highest BCUT2D eigenvalue weighted by Crippen LogP contribution is 2.42. The Kier molecular flexibility index (Phi) is 5.88. The summed E-state index contributed by atoms with van der Waals surface area (Å²) in [5, 5.41) is 11.7. The van der Waals surface area contributed by atoms with Crippen LogP contribution >= 0.6 is 0 Å². The molecule has 1 amide bonds. The molecule has 1 aliphatic heterocycles. The van der Waals surface area contributed by atoms with Crippen LogP contribution in [-0.4, -0.2) is 39.0 Å². The lowest BCUT2D eigenvalue weighted by atomic mass is 10.2. The standard InChI is InChI=1S/C25H30N6O/c1-18-6-10-21(11-7-18)31-24(20-8-9-20)23(28-29-31)25(32)27-17-19-12-13-26-22(16-19)30-14-4-2-3-5-15-30/h6-7,10-13,16,20H,2-5,8-9,14-15,17H2,1H3,(H,27,32). The third-order valence-electron chi connectivity index (χ3n) is 6.36. The maximum Gasteiger partial charge on any atom is 0.274 e. The number of nitrogens with zero attached hydrogens (tertiary/aromatic N) is 5. The van der Waals surface area contributed by atoms with E-state index in [4.69, 9.17) is 0 Å². The summed E-state index contributed by atoms with van der Waals surface area (Å²) in [6, 6.07) is 12.2. The number of aromatic nitrogens is 4. The Balaban J connectivity index is 1.31. The highest BCUT2D eigenvalue weighted by molar-refractivity contribution is 5.93. The van der Waals surface area contributed by atoms with E-state index in [-0.39, 0.29) is 5.91 Å². The van der Waals surface area contributed by atoms with E-state index >= 15 is 0 Å². The highest BCUT2D eigenvalue weighted by atomic mass is 16.2. The van der Waals surface area contributed by atoms with Gasteiger partial charge in [0.2, 0.25) is 0 Å². The number of rotatable bonds is 6. The molecule has 1 saturated carbocycles. The zero-order valence-corrected chi connectivity index (χ0v) is 18.6. The molecule has 2 fully saturated rings. The maximum absolute atomic E-state index is 13.0. The van der Waals surface area contributed by atoms with E-state index in [1.165, 1.54) is 31.2 Å². The van der Waals surface area contributed by atoms with Gasteiger partial charge in [-0.3, -0.25) is 4.79 Å². The molecule has 0 spiro atoms. The maximum atomic E-state index is 13.0. The van der Waals surface area contributed by atoms with Crippen LogP contribution in [0.25, 0.3) is 5.69 Å². The van der Waals surface area contributed by atoms with Crippen LogP contribution < -0.4 is 10.2 Å². The van der Waals surface area contributed by atoms with Crippen molar-refractivity contribution in [3.8, 4) is 5.69 Å². The van der Waals surface area contributed by atoms with Gasteiger partial charge in [-0.25, -0.2) is 9.67 Å². The first kappa shape index (κ1) is 20.7. The molecule has 0 radical (unpaired) electrons. The van der Waals surface area contributed by atoms with Gasteiger partial charge in [0, 0.05) is 31.7 Å². The molecule has 1 aromatic carbocycles. The van der Waals surface area contributed by atoms with Gasteiger partial charge in [0.05, 0.1) is 11.4 Å². The van der Waals surface area contributed by atoms with E-state index in [1.54, 1.807) is 0 Å². The number of aryl methyl sites for hydroxylation is 1. The fourth-order valence-corrected chi connectivity index (χ4v) is 4.36. The minimum Gasteiger partial charge on any atom is -0.357 e. The lowest BCUT2D eigenvalue weighted by molar-refractivity contribution is 0.0944. The second kappa shape index (κ2) is 9.10. The lowest BCUT2D eigenvalue weighted by Gasteiger charge is -2.21. The van der Waals surface area contributed by atoms with Crippen molar-refractivity contribution in [3.05, 3.63) is 65.1 Å². The van der Waals surface area contributed by atoms with Gasteiger partial charge in [0.1, 0.15) is 5.82 Å². The van der Waals surface area contributed by atoms with E-state index in [0.717, 1.165) is 48.7 Å². The molecule has 32 heavy (non-hydrogen) atoms. The average Bonchev–Trinajstić information content (AvgIpc) is 3.61. The number of anilines is 1. The van der Waals surface area contributed by atoms with Gasteiger partial charge in [-0.05, 0) is 62.4 Å². The van der Waals surface area contributed by atoms with Gasteiger partial charge >= 0.3 is 0 Å². The summed E-state index contributed by atoms with van der Waals surface area (Å²) in [5.74, 6) is 1.18. The van der Waals surface area contributed by atoms with E-state index in [0.29, 0.717) is 18.2 Å². The van der Waals surface area contributed by atoms with Crippen LogP contribution in [0.5, 0.6) is 0 Å². The third-order valence-corrected chi connectivity index (χ3v) is 6.36. The van der Waals surface area contributed by atoms with Crippen LogP contribution in [0.15, 0.2) is 42.6 Å². The van der Waals surface area contributed by atoms with Gasteiger partial charge in [-0.2, -0.15) is 0 Å². The molecule has 0 atom stereocenters. The van der Waals surface area contributed by atoms with Crippen molar-refractivity contribution in [1.29, 1.82) is 0 Å². The molecule has 2 aromatic heterocycles. The summed E-state index contributed by atoms with van der Waals surface area (Å²) in [6.45, 7) is 4.61. The number of hydrogen-bond donors (Lipinski definition) is 1. The first-order valence-corrected chi connectivity index (χ1v) is 11.7. The molecule has 7 heteroatoms. The molecular formula is C25H30N6O. The first-order valence-electron chi connectivity index (χ1n) is 11.7. The molecule has 7 nitrogen and oxygen atoms in total. The van der Waals surface area contributed by atoms with Crippen molar-refractivity contribution in [2.24, 2.45) is 0 Å². The van der Waals surface area contributed by atoms with Crippen molar-refractivity contribution >= 4 is 11.7 Å². The molecule has 1 saturated heterocycles. The zero-order valence-electron chi connectivity index (χ0n) is 18.6. The fourth-order valence-electron chi connectivity index (χ4n) is 4.36. The van der Waals surface area contributed by atoms with Crippen molar-refractivity contribution in [1.82, 2.24) is 25.3 Å². The predicted octanol–water partition coefficient (Wildman–Crippen LogP) is 4.16. The van der Waals surface area contributed by atoms with Gasteiger partial charge in [0.25, 0.3) is 5.91 Å². The van der Waals surface area contributed by atoms with Crippen LogP contribution in [0.1, 0.15) is 71.8 Å². The number of carbonyl (C=O) groups excluding carboxylic acids is 1. The average molecular weight is 431 g/mol. The molecule has 3 aromatic rings. The van der Waals surface area contributed by atoms with Gasteiger partial charge in [-0.1, -0.05) is 35.8 Å². The molecule has 1 aliphatic carbocycles. The Labute approximate surface area is 188 Å². The van der Waals surface area contributed by atoms with E-state index in [1.807, 2.05) is 29.1 Å². The Bertz CT molecular complexity index is 1080. The number of benzene rings is 1. The lowest BCUT2D eigenvalue weighted by Crippen LogP contribution is -2.26. The van der Waals surface area contributed by atoms with Crippen LogP contribution in [0.3, 0.4) is 0 Å². The molecule has 2 aliphatic rings. The molecule has 1 N–H and O–H groups in total. The summed E-state index contributed by atoms with van der Waals surface area (Å²) in [4.78, 5) is 20.0. The Morgan fingerprint density at radius 3 is 2.53 bits per heavy atom. The third kappa shape index (κ3) is 4.52. The van der Waals surface area contributed by atoms with E-state index in [9.17, 15) is 4.79 Å². The van der Waals surface area contributed by atoms with Crippen LogP contribution in [0.2, 0.25) is 0 Å². The fraction of sp³-hybridized carbons (Fsp3) is 0.440. The summed E-state index contributed by atoms with van der Waals surface area (Å²) in [5.41, 5.74) is 4.55. The molecule has 0 bridgehead atoms. The zero-order chi connectivity index (χ0) is 21.9. The largest absolute Gasteiger partial charge is 0.357 e. The number of nitrogens with one attached hydrogen (secondary N) is 1. The van der Waals surface area contributed by atoms with E-state index in [2.05, 4.69) is 50.6 Å². The van der Waals surface area contributed by atoms with Gasteiger partial charge in [0.15, 0.2) is 5.69 Å². The molecular weight excluding hydrogens is 400 g/mol. The highest BCUT2D eigenvalue weighted by Gasteiger charge is 2.34. The van der Waals surface area contributed by atoms with Crippen LogP contribution in [0, 0.1) is 6.92 Å². The SMILES string of the molecule is Cc1ccc(-n2nnc(C(=O)NCc3ccnc(N4CCCCCC4)c3)c2C2CC2)cc1. The second-order valence-electron chi connectivity index (χ2n) is 8.95. The summed E-state index contributed by atoms with van der Waals surface area (Å²) >= 11 is 0. The second-order valence-corrected chi connectivity index (χ2v) is 8.95.